The maximum atomic E-state index is 12.8. The minimum atomic E-state index is -4.12. The summed E-state index contributed by atoms with van der Waals surface area (Å²) in [5.74, 6) is -1.46. The molecule has 1 heterocycles. The lowest BCUT2D eigenvalue weighted by molar-refractivity contribution is -0.134. The Bertz CT molecular complexity index is 1130. The molecule has 0 aromatic heterocycles. The van der Waals surface area contributed by atoms with Crippen molar-refractivity contribution in [2.45, 2.75) is 58.8 Å². The molecule has 1 aliphatic heterocycles. The van der Waals surface area contributed by atoms with E-state index in [0.717, 1.165) is 12.0 Å². The van der Waals surface area contributed by atoms with Crippen LogP contribution in [0.5, 0.6) is 0 Å². The highest BCUT2D eigenvalue weighted by Crippen LogP contribution is 2.23. The van der Waals surface area contributed by atoms with E-state index in [1.165, 1.54) is 24.3 Å². The topological polar surface area (TPSA) is 133 Å². The van der Waals surface area contributed by atoms with Crippen LogP contribution < -0.4 is 10.0 Å². The number of carboxylic acid groups (broad SMARTS) is 1. The molecule has 0 aliphatic carbocycles. The molecule has 1 aromatic carbocycles. The fraction of sp³-hybridized carbons (Fsp3) is 0.500. The molecule has 0 bridgehead atoms. The van der Waals surface area contributed by atoms with Crippen LogP contribution in [-0.4, -0.2) is 55.8 Å². The second kappa shape index (κ2) is 12.2. The molecule has 1 aliphatic rings. The third-order valence-corrected chi connectivity index (χ3v) is 6.81. The second-order valence-corrected chi connectivity index (χ2v) is 12.3. The van der Waals surface area contributed by atoms with Crippen LogP contribution in [0.2, 0.25) is 0 Å². The molecule has 0 saturated carbocycles. The van der Waals surface area contributed by atoms with Gasteiger partial charge in [-0.15, -0.1) is 0 Å². The van der Waals surface area contributed by atoms with Crippen molar-refractivity contribution >= 4 is 27.8 Å². The van der Waals surface area contributed by atoms with E-state index in [2.05, 4.69) is 23.9 Å². The van der Waals surface area contributed by atoms with Crippen molar-refractivity contribution in [3.8, 4) is 0 Å². The minimum Gasteiger partial charge on any atom is -0.477 e. The van der Waals surface area contributed by atoms with Gasteiger partial charge >= 0.3 is 5.97 Å². The summed E-state index contributed by atoms with van der Waals surface area (Å²) in [5, 5.41) is 12.3. The van der Waals surface area contributed by atoms with Gasteiger partial charge in [-0.2, -0.15) is 0 Å². The number of hydrogen-bond donors (Lipinski definition) is 3. The molecule has 36 heavy (non-hydrogen) atoms. The molecule has 10 heteroatoms. The summed E-state index contributed by atoms with van der Waals surface area (Å²) in [6.45, 7) is 10.8. The lowest BCUT2D eigenvalue weighted by atomic mass is 9.94. The molecule has 198 valence electrons. The summed E-state index contributed by atoms with van der Waals surface area (Å²) in [4.78, 5) is 37.6. The van der Waals surface area contributed by atoms with Crippen LogP contribution in [-0.2, 0) is 30.8 Å². The van der Waals surface area contributed by atoms with E-state index in [4.69, 9.17) is 0 Å². The van der Waals surface area contributed by atoms with Gasteiger partial charge < -0.3 is 15.3 Å². The molecular weight excluding hydrogens is 482 g/mol. The summed E-state index contributed by atoms with van der Waals surface area (Å²) in [6.07, 6.45) is 4.51. The molecule has 2 amide bonds. The van der Waals surface area contributed by atoms with Gasteiger partial charge in [-0.3, -0.25) is 9.59 Å². The first kappa shape index (κ1) is 29.1. The van der Waals surface area contributed by atoms with Crippen molar-refractivity contribution in [2.24, 2.45) is 11.3 Å². The first-order valence-corrected chi connectivity index (χ1v) is 13.5. The summed E-state index contributed by atoms with van der Waals surface area (Å²) in [5.41, 5.74) is 0.815. The van der Waals surface area contributed by atoms with E-state index in [1.54, 1.807) is 17.0 Å². The number of amides is 2. The Hall–Kier alpha value is -3.14. The zero-order chi connectivity index (χ0) is 27.1. The van der Waals surface area contributed by atoms with E-state index in [-0.39, 0.29) is 34.0 Å². The normalized spacial score (nSPS) is 14.2. The lowest BCUT2D eigenvalue weighted by Gasteiger charge is -2.34. The number of nitrogens with zero attached hydrogens (tertiary/aromatic N) is 1. The van der Waals surface area contributed by atoms with Crippen LogP contribution in [0.4, 0.5) is 0 Å². The molecule has 0 radical (unpaired) electrons. The van der Waals surface area contributed by atoms with Crippen molar-refractivity contribution in [1.29, 1.82) is 0 Å². The molecular formula is C26H37N3O6S. The summed E-state index contributed by atoms with van der Waals surface area (Å²) >= 11 is 0. The van der Waals surface area contributed by atoms with Gasteiger partial charge in [-0.05, 0) is 54.0 Å². The van der Waals surface area contributed by atoms with Crippen LogP contribution in [0, 0.1) is 11.3 Å². The highest BCUT2D eigenvalue weighted by Gasteiger charge is 2.29. The Morgan fingerprint density at radius 2 is 1.72 bits per heavy atom. The monoisotopic (exact) mass is 519 g/mol. The van der Waals surface area contributed by atoms with E-state index in [1.807, 2.05) is 20.8 Å². The third kappa shape index (κ3) is 9.14. The number of carbonyl (C=O) groups is 3. The van der Waals surface area contributed by atoms with E-state index in [0.29, 0.717) is 31.8 Å². The van der Waals surface area contributed by atoms with Gasteiger partial charge in [-0.1, -0.05) is 46.8 Å². The summed E-state index contributed by atoms with van der Waals surface area (Å²) in [7, 11) is -4.12. The van der Waals surface area contributed by atoms with Crippen molar-refractivity contribution in [2.75, 3.05) is 19.6 Å². The van der Waals surface area contributed by atoms with E-state index >= 15 is 0 Å². The first-order chi connectivity index (χ1) is 16.7. The predicted molar refractivity (Wildman–Crippen MR) is 137 cm³/mol. The molecule has 9 nitrogen and oxygen atoms in total. The molecule has 0 saturated heterocycles. The number of hydrogen-bond acceptors (Lipinski definition) is 6. The Kier molecular flexibility index (Phi) is 9.86. The van der Waals surface area contributed by atoms with E-state index < -0.39 is 21.9 Å². The Balaban J connectivity index is 2.00. The van der Waals surface area contributed by atoms with Crippen molar-refractivity contribution in [3.05, 3.63) is 53.3 Å². The largest absolute Gasteiger partial charge is 0.477 e. The maximum absolute atomic E-state index is 12.8. The highest BCUT2D eigenvalue weighted by molar-refractivity contribution is 7.90. The molecule has 1 aromatic rings. The van der Waals surface area contributed by atoms with Gasteiger partial charge in [0.15, 0.2) is 0 Å². The molecule has 2 rings (SSSR count). The van der Waals surface area contributed by atoms with Crippen molar-refractivity contribution < 1.29 is 27.9 Å². The number of nitrogens with one attached hydrogen (secondary N) is 2. The number of carboxylic acids is 1. The Morgan fingerprint density at radius 1 is 1.08 bits per heavy atom. The maximum Gasteiger partial charge on any atom is 0.352 e. The fourth-order valence-electron chi connectivity index (χ4n) is 3.63. The zero-order valence-electron chi connectivity index (χ0n) is 21.6. The first-order valence-electron chi connectivity index (χ1n) is 12.0. The van der Waals surface area contributed by atoms with Crippen molar-refractivity contribution in [1.82, 2.24) is 14.9 Å². The standard InChI is InChI=1S/C26H37N3O6S/c1-18(2)6-13-23(30)27-15-14-19-7-10-21(11-8-19)36(34,35)28-24(31)20-9-12-22(25(32)33)29(16-20)17-26(3,4)5/h7-12,18H,6,13-17H2,1-5H3,(H,27,30)(H,28,31)(H,32,33). The molecule has 0 spiro atoms. The Labute approximate surface area is 213 Å². The predicted octanol–water partition coefficient (Wildman–Crippen LogP) is 2.84. The average molecular weight is 520 g/mol. The lowest BCUT2D eigenvalue weighted by Crippen LogP contribution is -2.41. The van der Waals surface area contributed by atoms with E-state index in [9.17, 15) is 27.9 Å². The van der Waals surface area contributed by atoms with Gasteiger partial charge in [-0.25, -0.2) is 17.9 Å². The third-order valence-electron chi connectivity index (χ3n) is 5.47. The smallest absolute Gasteiger partial charge is 0.352 e. The van der Waals surface area contributed by atoms with Gasteiger partial charge in [0, 0.05) is 31.6 Å². The zero-order valence-corrected chi connectivity index (χ0v) is 22.4. The highest BCUT2D eigenvalue weighted by atomic mass is 32.2. The second-order valence-electron chi connectivity index (χ2n) is 10.6. The van der Waals surface area contributed by atoms with Crippen LogP contribution in [0.25, 0.3) is 0 Å². The number of rotatable bonds is 11. The average Bonchev–Trinajstić information content (AvgIpc) is 2.76. The molecule has 0 atom stereocenters. The van der Waals surface area contributed by atoms with Crippen LogP contribution in [0.3, 0.4) is 0 Å². The summed E-state index contributed by atoms with van der Waals surface area (Å²) < 4.78 is 27.6. The van der Waals surface area contributed by atoms with Crippen LogP contribution in [0.15, 0.2) is 52.6 Å². The Morgan fingerprint density at radius 3 is 2.28 bits per heavy atom. The van der Waals surface area contributed by atoms with Crippen LogP contribution >= 0.6 is 0 Å². The molecule has 3 N–H and O–H groups in total. The van der Waals surface area contributed by atoms with Gasteiger partial charge in [0.1, 0.15) is 5.70 Å². The van der Waals surface area contributed by atoms with Crippen LogP contribution in [0.1, 0.15) is 53.0 Å². The molecule has 0 fully saturated rings. The number of allylic oxidation sites excluding steroid dienone is 2. The number of sulfonamides is 1. The fourth-order valence-corrected chi connectivity index (χ4v) is 4.62. The van der Waals surface area contributed by atoms with Gasteiger partial charge in [0.25, 0.3) is 15.9 Å². The SMILES string of the molecule is CC(C)CCC(=O)NCCc1ccc(S(=O)(=O)NC(=O)C2=CC=C(C(=O)O)N(CC(C)(C)C)C2)cc1. The number of carbonyl (C=O) groups excluding carboxylic acids is 2. The van der Waals surface area contributed by atoms with Gasteiger partial charge in [0.2, 0.25) is 5.91 Å². The van der Waals surface area contributed by atoms with Crippen molar-refractivity contribution in [3.63, 3.8) is 0 Å². The number of benzene rings is 1. The summed E-state index contributed by atoms with van der Waals surface area (Å²) in [6, 6.07) is 6.11. The quantitative estimate of drug-likeness (QED) is 0.409. The van der Waals surface area contributed by atoms with Gasteiger partial charge in [0.05, 0.1) is 4.90 Å². The minimum absolute atomic E-state index is 0.00554. The molecule has 0 unspecified atom stereocenters. The number of aliphatic carboxylic acids is 1.